The van der Waals surface area contributed by atoms with Crippen molar-refractivity contribution in [3.05, 3.63) is 74.0 Å². The topological polar surface area (TPSA) is 84.9 Å². The number of halogens is 1. The number of nitrogens with one attached hydrogen (secondary N) is 1. The van der Waals surface area contributed by atoms with Crippen LogP contribution in [0, 0.1) is 24.7 Å². The van der Waals surface area contributed by atoms with Crippen LogP contribution in [0.1, 0.15) is 82.9 Å². The first-order valence-electron chi connectivity index (χ1n) is 15.3. The number of amides is 1. The van der Waals surface area contributed by atoms with E-state index in [0.717, 1.165) is 46.6 Å². The van der Waals surface area contributed by atoms with Crippen LogP contribution in [0.2, 0.25) is 0 Å². The van der Waals surface area contributed by atoms with E-state index in [2.05, 4.69) is 60.8 Å². The highest BCUT2D eigenvalue weighted by molar-refractivity contribution is 9.10. The van der Waals surface area contributed by atoms with Gasteiger partial charge in [0.2, 0.25) is 0 Å². The molecular formula is C36H43BrN2O5. The molecule has 5 rings (SSSR count). The number of allylic oxidation sites excluding steroid dienone is 4. The van der Waals surface area contributed by atoms with E-state index in [1.54, 1.807) is 7.11 Å². The Bertz CT molecular complexity index is 1560. The maximum absolute atomic E-state index is 13.9. The van der Waals surface area contributed by atoms with E-state index >= 15 is 0 Å². The predicted octanol–water partition coefficient (Wildman–Crippen LogP) is 7.80. The number of carbonyl (C=O) groups is 3. The highest BCUT2D eigenvalue weighted by Gasteiger charge is 2.48. The molecule has 1 N–H and O–H groups in total. The summed E-state index contributed by atoms with van der Waals surface area (Å²) >= 11 is 3.66. The molecule has 1 aliphatic heterocycles. The van der Waals surface area contributed by atoms with Gasteiger partial charge in [0.25, 0.3) is 5.91 Å². The lowest BCUT2D eigenvalue weighted by molar-refractivity contribution is -0.120. The van der Waals surface area contributed by atoms with Crippen molar-refractivity contribution in [2.24, 2.45) is 10.8 Å². The number of anilines is 1. The van der Waals surface area contributed by atoms with Crippen molar-refractivity contribution in [3.63, 3.8) is 0 Å². The highest BCUT2D eigenvalue weighted by Crippen LogP contribution is 2.55. The minimum atomic E-state index is -0.498. The molecule has 2 aromatic rings. The number of Topliss-reactive ketones (excluding diaryl/α,β-unsaturated/α-hetero) is 2. The summed E-state index contributed by atoms with van der Waals surface area (Å²) in [5, 5.41) is 2.92. The molecule has 8 heteroatoms. The first-order chi connectivity index (χ1) is 20.7. The summed E-state index contributed by atoms with van der Waals surface area (Å²) in [5.41, 5.74) is 6.77. The average molecular weight is 664 g/mol. The Morgan fingerprint density at radius 2 is 1.57 bits per heavy atom. The van der Waals surface area contributed by atoms with Crippen LogP contribution in [0.3, 0.4) is 0 Å². The van der Waals surface area contributed by atoms with Gasteiger partial charge < -0.3 is 19.7 Å². The van der Waals surface area contributed by atoms with Gasteiger partial charge in [0.1, 0.15) is 0 Å². The third-order valence-corrected chi connectivity index (χ3v) is 9.74. The normalized spacial score (nSPS) is 19.5. The number of aryl methyl sites for hydroxylation is 1. The summed E-state index contributed by atoms with van der Waals surface area (Å²) in [4.78, 5) is 43.0. The molecule has 0 fully saturated rings. The van der Waals surface area contributed by atoms with Crippen molar-refractivity contribution in [3.8, 4) is 11.5 Å². The van der Waals surface area contributed by atoms with Crippen LogP contribution in [-0.4, -0.2) is 42.6 Å². The SMILES string of the molecule is CCN1C2=C(C(=O)CC(C)(C)C2)C(c2cc(Br)c(OCC(=O)Nc3cccc(C)c3C)c(OC)c2)C2=C1CC(C)(C)CC2=O. The number of hydrogen-bond acceptors (Lipinski definition) is 6. The second kappa shape index (κ2) is 11.8. The standard InChI is InChI=1S/C36H43BrN2O5/c1-9-39-25-15-35(4,5)17-27(40)32(25)31(33-26(39)16-36(6,7)18-28(33)41)22-13-23(37)34(29(14-22)43-8)44-19-30(42)38-24-12-10-11-20(2)21(24)3/h10-14,31H,9,15-19H2,1-8H3,(H,38,42). The summed E-state index contributed by atoms with van der Waals surface area (Å²) in [7, 11) is 1.55. The zero-order valence-corrected chi connectivity index (χ0v) is 28.7. The van der Waals surface area contributed by atoms with Crippen molar-refractivity contribution < 1.29 is 23.9 Å². The number of carbonyl (C=O) groups excluding carboxylic acids is 3. The van der Waals surface area contributed by atoms with E-state index in [0.29, 0.717) is 46.5 Å². The molecular weight excluding hydrogens is 620 g/mol. The number of nitrogens with zero attached hydrogens (tertiary/aromatic N) is 1. The molecule has 0 radical (unpaired) electrons. The molecule has 0 atom stereocenters. The molecule has 0 saturated carbocycles. The Labute approximate surface area is 269 Å². The van der Waals surface area contributed by atoms with Crippen LogP contribution in [0.5, 0.6) is 11.5 Å². The summed E-state index contributed by atoms with van der Waals surface area (Å²) in [5.74, 6) is 0.183. The first kappa shape index (κ1) is 32.0. The molecule has 0 unspecified atom stereocenters. The summed E-state index contributed by atoms with van der Waals surface area (Å²) in [6.07, 6.45) is 2.38. The largest absolute Gasteiger partial charge is 0.493 e. The first-order valence-corrected chi connectivity index (χ1v) is 16.1. The molecule has 0 spiro atoms. The lowest BCUT2D eigenvalue weighted by Crippen LogP contribution is -2.44. The molecule has 2 aliphatic carbocycles. The lowest BCUT2D eigenvalue weighted by atomic mass is 9.63. The van der Waals surface area contributed by atoms with Crippen LogP contribution in [0.15, 0.2) is 57.3 Å². The third-order valence-electron chi connectivity index (χ3n) is 9.15. The van der Waals surface area contributed by atoms with Crippen LogP contribution in [0.25, 0.3) is 0 Å². The Morgan fingerprint density at radius 1 is 0.977 bits per heavy atom. The van der Waals surface area contributed by atoms with E-state index in [1.807, 2.05) is 44.2 Å². The fourth-order valence-corrected chi connectivity index (χ4v) is 7.59. The van der Waals surface area contributed by atoms with Gasteiger partial charge >= 0.3 is 0 Å². The molecule has 1 amide bonds. The number of ketones is 2. The molecule has 0 aromatic heterocycles. The monoisotopic (exact) mass is 662 g/mol. The van der Waals surface area contributed by atoms with Gasteiger partial charge in [-0.3, -0.25) is 14.4 Å². The highest BCUT2D eigenvalue weighted by atomic mass is 79.9. The minimum absolute atomic E-state index is 0.0856. The minimum Gasteiger partial charge on any atom is -0.493 e. The number of hydrogen-bond donors (Lipinski definition) is 1. The maximum atomic E-state index is 13.9. The summed E-state index contributed by atoms with van der Waals surface area (Å²) < 4.78 is 12.4. The molecule has 3 aliphatic rings. The maximum Gasteiger partial charge on any atom is 0.262 e. The number of rotatable bonds is 7. The van der Waals surface area contributed by atoms with Crippen LogP contribution < -0.4 is 14.8 Å². The quantitative estimate of drug-likeness (QED) is 0.326. The van der Waals surface area contributed by atoms with Gasteiger partial charge in [-0.25, -0.2) is 0 Å². The van der Waals surface area contributed by atoms with Crippen molar-refractivity contribution >= 4 is 39.1 Å². The Kier molecular flexibility index (Phi) is 8.62. The van der Waals surface area contributed by atoms with Gasteiger partial charge in [0.15, 0.2) is 29.7 Å². The third kappa shape index (κ3) is 5.97. The van der Waals surface area contributed by atoms with E-state index in [9.17, 15) is 14.4 Å². The number of benzene rings is 2. The van der Waals surface area contributed by atoms with Crippen molar-refractivity contribution in [2.45, 2.75) is 80.1 Å². The fraction of sp³-hybridized carbons (Fsp3) is 0.472. The van der Waals surface area contributed by atoms with E-state index in [4.69, 9.17) is 9.47 Å². The number of ether oxygens (including phenoxy) is 2. The smallest absolute Gasteiger partial charge is 0.262 e. The van der Waals surface area contributed by atoms with Gasteiger partial charge in [-0.05, 0) is 95.3 Å². The molecule has 1 heterocycles. The molecule has 7 nitrogen and oxygen atoms in total. The van der Waals surface area contributed by atoms with Crippen LogP contribution in [0.4, 0.5) is 5.69 Å². The van der Waals surface area contributed by atoms with E-state index in [-0.39, 0.29) is 34.9 Å². The summed E-state index contributed by atoms with van der Waals surface area (Å²) in [6, 6.07) is 9.52. The van der Waals surface area contributed by atoms with Gasteiger partial charge in [0.05, 0.1) is 11.6 Å². The van der Waals surface area contributed by atoms with Gasteiger partial charge in [-0.1, -0.05) is 39.8 Å². The molecule has 0 saturated heterocycles. The lowest BCUT2D eigenvalue weighted by Gasteiger charge is -2.49. The zero-order chi connectivity index (χ0) is 32.1. The van der Waals surface area contributed by atoms with Crippen molar-refractivity contribution in [1.82, 2.24) is 4.90 Å². The van der Waals surface area contributed by atoms with E-state index in [1.165, 1.54) is 0 Å². The Morgan fingerprint density at radius 3 is 2.11 bits per heavy atom. The number of methoxy groups -OCH3 is 1. The molecule has 2 aromatic carbocycles. The van der Waals surface area contributed by atoms with Gasteiger partial charge in [-0.15, -0.1) is 0 Å². The van der Waals surface area contributed by atoms with Crippen LogP contribution in [-0.2, 0) is 14.4 Å². The fourth-order valence-electron chi connectivity index (χ4n) is 7.02. The van der Waals surface area contributed by atoms with E-state index < -0.39 is 5.92 Å². The Hall–Kier alpha value is -3.39. The summed E-state index contributed by atoms with van der Waals surface area (Å²) in [6.45, 7) is 15.1. The average Bonchev–Trinajstić information content (AvgIpc) is 2.92. The van der Waals surface area contributed by atoms with Crippen molar-refractivity contribution in [1.29, 1.82) is 0 Å². The predicted molar refractivity (Wildman–Crippen MR) is 176 cm³/mol. The van der Waals surface area contributed by atoms with Crippen molar-refractivity contribution in [2.75, 3.05) is 25.6 Å². The zero-order valence-electron chi connectivity index (χ0n) is 27.1. The molecule has 0 bridgehead atoms. The molecule has 234 valence electrons. The van der Waals surface area contributed by atoms with Crippen LogP contribution >= 0.6 is 15.9 Å². The second-order valence-corrected chi connectivity index (χ2v) is 14.8. The second-order valence-electron chi connectivity index (χ2n) is 13.9. The van der Waals surface area contributed by atoms with Gasteiger partial charge in [-0.2, -0.15) is 0 Å². The Balaban J connectivity index is 1.54. The molecule has 44 heavy (non-hydrogen) atoms. The van der Waals surface area contributed by atoms with Gasteiger partial charge in [0, 0.05) is 53.5 Å².